The van der Waals surface area contributed by atoms with Gasteiger partial charge in [-0.2, -0.15) is 0 Å². The predicted octanol–water partition coefficient (Wildman–Crippen LogP) is -0.0825. The van der Waals surface area contributed by atoms with Gasteiger partial charge in [-0.25, -0.2) is 0 Å². The fraction of sp³-hybridized carbons (Fsp3) is 0.800. The van der Waals surface area contributed by atoms with Crippen molar-refractivity contribution >= 4 is 11.9 Å². The van der Waals surface area contributed by atoms with Gasteiger partial charge in [-0.1, -0.05) is 0 Å². The number of carbonyl (C=O) groups is 2. The number of nitrogens with zero attached hydrogens (tertiary/aromatic N) is 1. The summed E-state index contributed by atoms with van der Waals surface area (Å²) in [6.45, 7) is 2.46. The van der Waals surface area contributed by atoms with Crippen LogP contribution in [0.2, 0.25) is 0 Å². The molecule has 0 heterocycles. The van der Waals surface area contributed by atoms with Crippen molar-refractivity contribution in [3.8, 4) is 0 Å². The largest absolute Gasteiger partial charge is 0.480 e. The summed E-state index contributed by atoms with van der Waals surface area (Å²) in [6.07, 6.45) is 0.926. The Bertz CT molecular complexity index is 272. The van der Waals surface area contributed by atoms with E-state index in [1.54, 1.807) is 0 Å². The maximum atomic E-state index is 11.6. The molecule has 0 aromatic carbocycles. The molecule has 0 aliphatic heterocycles. The van der Waals surface area contributed by atoms with Crippen molar-refractivity contribution in [2.24, 2.45) is 5.41 Å². The second kappa shape index (κ2) is 4.18. The first-order valence-electron chi connectivity index (χ1n) is 5.08. The molecule has 1 aliphatic rings. The fourth-order valence-electron chi connectivity index (χ4n) is 1.26. The number of carboxylic acids is 1. The monoisotopic (exact) mass is 214 g/mol. The Balaban J connectivity index is 2.41. The van der Waals surface area contributed by atoms with Crippen LogP contribution in [0.4, 0.5) is 0 Å². The van der Waals surface area contributed by atoms with Gasteiger partial charge in [0.2, 0.25) is 5.91 Å². The smallest absolute Gasteiger partial charge is 0.319 e. The van der Waals surface area contributed by atoms with Crippen LogP contribution >= 0.6 is 0 Å². The van der Waals surface area contributed by atoms with E-state index in [9.17, 15) is 9.59 Å². The van der Waals surface area contributed by atoms with Crippen molar-refractivity contribution in [1.82, 2.24) is 10.2 Å². The van der Waals surface area contributed by atoms with Gasteiger partial charge in [-0.05, 0) is 33.9 Å². The summed E-state index contributed by atoms with van der Waals surface area (Å²) in [5, 5.41) is 11.6. The lowest BCUT2D eigenvalue weighted by Gasteiger charge is -2.21. The average molecular weight is 214 g/mol. The zero-order chi connectivity index (χ0) is 11.6. The fourth-order valence-corrected chi connectivity index (χ4v) is 1.26. The molecule has 15 heavy (non-hydrogen) atoms. The first-order valence-corrected chi connectivity index (χ1v) is 5.08. The number of amides is 1. The summed E-state index contributed by atoms with van der Waals surface area (Å²) < 4.78 is 0. The zero-order valence-corrected chi connectivity index (χ0v) is 9.41. The molecule has 0 radical (unpaired) electrons. The van der Waals surface area contributed by atoms with E-state index in [1.807, 2.05) is 25.9 Å². The van der Waals surface area contributed by atoms with Gasteiger partial charge in [0.15, 0.2) is 0 Å². The van der Waals surface area contributed by atoms with Gasteiger partial charge in [0.1, 0.15) is 5.41 Å². The lowest BCUT2D eigenvalue weighted by molar-refractivity contribution is -0.149. The number of nitrogens with one attached hydrogen (secondary N) is 1. The Labute approximate surface area is 89.4 Å². The van der Waals surface area contributed by atoms with Crippen molar-refractivity contribution in [3.05, 3.63) is 0 Å². The zero-order valence-electron chi connectivity index (χ0n) is 9.41. The first-order chi connectivity index (χ1) is 6.90. The van der Waals surface area contributed by atoms with Gasteiger partial charge in [0.05, 0.1) is 0 Å². The highest BCUT2D eigenvalue weighted by molar-refractivity contribution is 6.04. The number of aliphatic carboxylic acids is 1. The number of hydrogen-bond acceptors (Lipinski definition) is 3. The van der Waals surface area contributed by atoms with Gasteiger partial charge in [0, 0.05) is 12.6 Å². The maximum Gasteiger partial charge on any atom is 0.319 e. The molecule has 1 rings (SSSR count). The predicted molar refractivity (Wildman–Crippen MR) is 55.5 cm³/mol. The van der Waals surface area contributed by atoms with Gasteiger partial charge in [0.25, 0.3) is 0 Å². The molecule has 0 saturated heterocycles. The molecule has 0 spiro atoms. The molecule has 1 amide bonds. The Morgan fingerprint density at radius 1 is 1.47 bits per heavy atom. The van der Waals surface area contributed by atoms with E-state index in [0.717, 1.165) is 0 Å². The molecule has 86 valence electrons. The standard InChI is InChI=1S/C10H18N2O3/c1-7(12(2)3)6-11-8(13)10(4-5-10)9(14)15/h7H,4-6H2,1-3H3,(H,11,13)(H,14,15). The molecule has 5 nitrogen and oxygen atoms in total. The summed E-state index contributed by atoms with van der Waals surface area (Å²) in [4.78, 5) is 24.4. The summed E-state index contributed by atoms with van der Waals surface area (Å²) in [7, 11) is 3.84. The van der Waals surface area contributed by atoms with E-state index in [-0.39, 0.29) is 11.9 Å². The van der Waals surface area contributed by atoms with Crippen LogP contribution < -0.4 is 5.32 Å². The van der Waals surface area contributed by atoms with Crippen LogP contribution in [0.3, 0.4) is 0 Å². The van der Waals surface area contributed by atoms with Crippen molar-refractivity contribution in [2.75, 3.05) is 20.6 Å². The molecule has 0 aromatic rings. The lowest BCUT2D eigenvalue weighted by Crippen LogP contribution is -2.43. The first kappa shape index (κ1) is 12.0. The Morgan fingerprint density at radius 2 is 2.00 bits per heavy atom. The van der Waals surface area contributed by atoms with Crippen LogP contribution in [0, 0.1) is 5.41 Å². The molecular weight excluding hydrogens is 196 g/mol. The van der Waals surface area contributed by atoms with Crippen molar-refractivity contribution in [1.29, 1.82) is 0 Å². The SMILES string of the molecule is CC(CNC(=O)C1(C(=O)O)CC1)N(C)C. The second-order valence-electron chi connectivity index (χ2n) is 4.41. The van der Waals surface area contributed by atoms with E-state index < -0.39 is 11.4 Å². The minimum atomic E-state index is -1.12. The minimum absolute atomic E-state index is 0.207. The summed E-state index contributed by atoms with van der Waals surface area (Å²) >= 11 is 0. The molecule has 0 bridgehead atoms. The molecule has 5 heteroatoms. The third kappa shape index (κ3) is 2.47. The number of likely N-dealkylation sites (N-methyl/N-ethyl adjacent to an activating group) is 1. The summed E-state index contributed by atoms with van der Waals surface area (Å²) in [5.74, 6) is -1.35. The van der Waals surface area contributed by atoms with Gasteiger partial charge < -0.3 is 15.3 Å². The highest BCUT2D eigenvalue weighted by atomic mass is 16.4. The third-order valence-electron chi connectivity index (χ3n) is 3.03. The summed E-state index contributed by atoms with van der Waals surface area (Å²) in [6, 6.07) is 0.207. The quantitative estimate of drug-likeness (QED) is 0.628. The third-order valence-corrected chi connectivity index (χ3v) is 3.03. The number of carbonyl (C=O) groups excluding carboxylic acids is 1. The number of hydrogen-bond donors (Lipinski definition) is 2. The summed E-state index contributed by atoms with van der Waals surface area (Å²) in [5.41, 5.74) is -1.12. The van der Waals surface area contributed by atoms with Gasteiger partial charge in [-0.3, -0.25) is 9.59 Å². The molecule has 2 N–H and O–H groups in total. The van der Waals surface area contributed by atoms with E-state index in [1.165, 1.54) is 0 Å². The molecule has 0 aromatic heterocycles. The van der Waals surface area contributed by atoms with E-state index in [2.05, 4.69) is 5.32 Å². The van der Waals surface area contributed by atoms with E-state index in [4.69, 9.17) is 5.11 Å². The Kier molecular flexibility index (Phi) is 3.34. The second-order valence-corrected chi connectivity index (χ2v) is 4.41. The van der Waals surface area contributed by atoms with Crippen molar-refractivity contribution in [3.63, 3.8) is 0 Å². The van der Waals surface area contributed by atoms with Crippen LogP contribution in [0.1, 0.15) is 19.8 Å². The topological polar surface area (TPSA) is 69.6 Å². The van der Waals surface area contributed by atoms with Gasteiger partial charge >= 0.3 is 5.97 Å². The van der Waals surface area contributed by atoms with Crippen LogP contribution in [-0.4, -0.2) is 48.6 Å². The van der Waals surface area contributed by atoms with Crippen molar-refractivity contribution in [2.45, 2.75) is 25.8 Å². The molecule has 1 atom stereocenters. The number of rotatable bonds is 5. The van der Waals surface area contributed by atoms with Crippen LogP contribution in [0.25, 0.3) is 0 Å². The maximum absolute atomic E-state index is 11.6. The minimum Gasteiger partial charge on any atom is -0.480 e. The van der Waals surface area contributed by atoms with Crippen LogP contribution in [0.15, 0.2) is 0 Å². The van der Waals surface area contributed by atoms with Gasteiger partial charge in [-0.15, -0.1) is 0 Å². The normalized spacial score (nSPS) is 19.7. The average Bonchev–Trinajstić information content (AvgIpc) is 2.93. The molecular formula is C10H18N2O3. The lowest BCUT2D eigenvalue weighted by atomic mass is 10.1. The highest BCUT2D eigenvalue weighted by Crippen LogP contribution is 2.45. The van der Waals surface area contributed by atoms with Crippen molar-refractivity contribution < 1.29 is 14.7 Å². The Morgan fingerprint density at radius 3 is 2.33 bits per heavy atom. The Hall–Kier alpha value is -1.10. The highest BCUT2D eigenvalue weighted by Gasteiger charge is 2.56. The van der Waals surface area contributed by atoms with Crippen LogP contribution in [-0.2, 0) is 9.59 Å². The molecule has 1 aliphatic carbocycles. The van der Waals surface area contributed by atoms with E-state index >= 15 is 0 Å². The molecule has 1 unspecified atom stereocenters. The van der Waals surface area contributed by atoms with Crippen LogP contribution in [0.5, 0.6) is 0 Å². The molecule has 1 fully saturated rings. The number of carboxylic acid groups (broad SMARTS) is 1. The molecule has 1 saturated carbocycles. The van der Waals surface area contributed by atoms with E-state index in [0.29, 0.717) is 19.4 Å².